The Labute approximate surface area is 205 Å². The minimum atomic E-state index is -0.364. The number of pyridine rings is 2. The van der Waals surface area contributed by atoms with Crippen molar-refractivity contribution in [2.45, 2.75) is 38.8 Å². The highest BCUT2D eigenvalue weighted by molar-refractivity contribution is 6.06. The molecule has 0 aliphatic carbocycles. The first-order valence-corrected chi connectivity index (χ1v) is 11.7. The number of ether oxygens (including phenoxy) is 2. The maximum absolute atomic E-state index is 13.0. The molecule has 2 N–H and O–H groups in total. The fraction of sp³-hybridized carbons (Fsp3) is 0.400. The average Bonchev–Trinajstić information content (AvgIpc) is 3.27. The third-order valence-corrected chi connectivity index (χ3v) is 5.95. The normalized spacial score (nSPS) is 15.6. The van der Waals surface area contributed by atoms with Crippen LogP contribution in [-0.2, 0) is 6.54 Å². The molecule has 4 heterocycles. The number of hydrogen-bond acceptors (Lipinski definition) is 9. The Hall–Kier alpha value is -3.79. The van der Waals surface area contributed by atoms with Gasteiger partial charge in [-0.3, -0.25) is 10.1 Å². The van der Waals surface area contributed by atoms with E-state index in [-0.39, 0.29) is 11.9 Å². The van der Waals surface area contributed by atoms with E-state index < -0.39 is 0 Å². The Morgan fingerprint density at radius 3 is 2.86 bits per heavy atom. The van der Waals surface area contributed by atoms with Crippen LogP contribution in [0.5, 0.6) is 11.8 Å². The molecular weight excluding hydrogens is 446 g/mol. The maximum atomic E-state index is 13.0. The highest BCUT2D eigenvalue weighted by Crippen LogP contribution is 2.20. The maximum Gasteiger partial charge on any atom is 0.261 e. The number of amides is 1. The molecule has 0 spiro atoms. The molecule has 0 saturated carbocycles. The molecule has 3 aromatic heterocycles. The molecule has 0 radical (unpaired) electrons. The van der Waals surface area contributed by atoms with Crippen LogP contribution in [0.15, 0.2) is 42.7 Å². The van der Waals surface area contributed by atoms with Gasteiger partial charge in [-0.15, -0.1) is 0 Å². The highest BCUT2D eigenvalue weighted by atomic mass is 16.5. The summed E-state index contributed by atoms with van der Waals surface area (Å²) in [6.07, 6.45) is 6.66. The van der Waals surface area contributed by atoms with Gasteiger partial charge in [0.2, 0.25) is 17.7 Å². The van der Waals surface area contributed by atoms with Crippen LogP contribution < -0.4 is 20.1 Å². The summed E-state index contributed by atoms with van der Waals surface area (Å²) in [5.41, 5.74) is 2.03. The number of methoxy groups -OCH3 is 1. The summed E-state index contributed by atoms with van der Waals surface area (Å²) in [7, 11) is 3.72. The van der Waals surface area contributed by atoms with E-state index in [1.165, 1.54) is 12.8 Å². The molecule has 10 heteroatoms. The van der Waals surface area contributed by atoms with Crippen LogP contribution in [0.25, 0.3) is 0 Å². The van der Waals surface area contributed by atoms with Gasteiger partial charge in [0.25, 0.3) is 5.91 Å². The van der Waals surface area contributed by atoms with Gasteiger partial charge in [-0.2, -0.15) is 4.98 Å². The largest absolute Gasteiger partial charge is 0.481 e. The molecule has 0 unspecified atom stereocenters. The fourth-order valence-corrected chi connectivity index (χ4v) is 4.07. The summed E-state index contributed by atoms with van der Waals surface area (Å²) in [6, 6.07) is 9.41. The van der Waals surface area contributed by atoms with E-state index >= 15 is 0 Å². The summed E-state index contributed by atoms with van der Waals surface area (Å²) >= 11 is 0. The standard InChI is InChI=1S/C25H31N7O3/c1-17-14-22(35-13-9-19-6-5-12-32(19)2)30-25(29-17)31-24(33)20-7-4-10-27-23(20)28-16-18-8-11-26-21(15-18)34-3/h4,7-8,10-11,14-15,19H,5-6,9,12-13,16H2,1-3H3,(H,27,28)(H,29,30,31,33)/t19-/m0/s1. The molecule has 3 aromatic rings. The molecule has 1 atom stereocenters. The molecule has 10 nitrogen and oxygen atoms in total. The SMILES string of the molecule is COc1cc(CNc2ncccc2C(=O)Nc2nc(C)cc(OCC[C@@H]3CCCN3C)n2)ccn1. The highest BCUT2D eigenvalue weighted by Gasteiger charge is 2.20. The van der Waals surface area contributed by atoms with Gasteiger partial charge in [0.05, 0.1) is 19.3 Å². The summed E-state index contributed by atoms with van der Waals surface area (Å²) in [4.78, 5) is 32.6. The van der Waals surface area contributed by atoms with Crippen molar-refractivity contribution in [2.24, 2.45) is 0 Å². The number of anilines is 2. The van der Waals surface area contributed by atoms with Crippen molar-refractivity contribution in [1.82, 2.24) is 24.8 Å². The number of carbonyl (C=O) groups excluding carboxylic acids is 1. The van der Waals surface area contributed by atoms with Crippen molar-refractivity contribution in [3.05, 3.63) is 59.5 Å². The summed E-state index contributed by atoms with van der Waals surface area (Å²) in [5.74, 6) is 1.25. The van der Waals surface area contributed by atoms with Crippen molar-refractivity contribution < 1.29 is 14.3 Å². The first kappa shape index (κ1) is 24.3. The Morgan fingerprint density at radius 1 is 1.17 bits per heavy atom. The first-order chi connectivity index (χ1) is 17.0. The summed E-state index contributed by atoms with van der Waals surface area (Å²) in [5, 5.41) is 5.98. The van der Waals surface area contributed by atoms with Crippen molar-refractivity contribution in [1.29, 1.82) is 0 Å². The molecule has 1 saturated heterocycles. The van der Waals surface area contributed by atoms with Crippen molar-refractivity contribution in [3.8, 4) is 11.8 Å². The quantitative estimate of drug-likeness (QED) is 0.454. The second-order valence-electron chi connectivity index (χ2n) is 8.50. The van der Waals surface area contributed by atoms with Crippen molar-refractivity contribution in [2.75, 3.05) is 37.9 Å². The first-order valence-electron chi connectivity index (χ1n) is 11.7. The summed E-state index contributed by atoms with van der Waals surface area (Å²) in [6.45, 7) is 3.99. The lowest BCUT2D eigenvalue weighted by molar-refractivity contribution is 0.102. The topological polar surface area (TPSA) is 114 Å². The zero-order chi connectivity index (χ0) is 24.6. The average molecular weight is 478 g/mol. The third kappa shape index (κ3) is 6.63. The van der Waals surface area contributed by atoms with Crippen LogP contribution in [0.4, 0.5) is 11.8 Å². The second kappa shape index (κ2) is 11.6. The zero-order valence-corrected chi connectivity index (χ0v) is 20.3. The van der Waals surface area contributed by atoms with Gasteiger partial charge in [-0.05, 0) is 63.5 Å². The molecule has 1 amide bonds. The van der Waals surface area contributed by atoms with Gasteiger partial charge < -0.3 is 19.7 Å². The lowest BCUT2D eigenvalue weighted by Crippen LogP contribution is -2.26. The number of nitrogens with zero attached hydrogens (tertiary/aromatic N) is 5. The van der Waals surface area contributed by atoms with E-state index in [0.717, 1.165) is 18.5 Å². The van der Waals surface area contributed by atoms with E-state index in [2.05, 4.69) is 42.5 Å². The summed E-state index contributed by atoms with van der Waals surface area (Å²) < 4.78 is 11.1. The van der Waals surface area contributed by atoms with Crippen LogP contribution >= 0.6 is 0 Å². The van der Waals surface area contributed by atoms with Gasteiger partial charge in [-0.25, -0.2) is 15.0 Å². The van der Waals surface area contributed by atoms with E-state index in [9.17, 15) is 4.79 Å². The van der Waals surface area contributed by atoms with Gasteiger partial charge in [-0.1, -0.05) is 0 Å². The van der Waals surface area contributed by atoms with Gasteiger partial charge in [0, 0.05) is 42.8 Å². The predicted octanol–water partition coefficient (Wildman–Crippen LogP) is 3.31. The van der Waals surface area contributed by atoms with E-state index in [1.807, 2.05) is 19.1 Å². The fourth-order valence-electron chi connectivity index (χ4n) is 4.07. The molecule has 0 aromatic carbocycles. The monoisotopic (exact) mass is 477 g/mol. The number of hydrogen-bond donors (Lipinski definition) is 2. The van der Waals surface area contributed by atoms with E-state index in [0.29, 0.717) is 48.0 Å². The van der Waals surface area contributed by atoms with E-state index in [4.69, 9.17) is 9.47 Å². The van der Waals surface area contributed by atoms with Crippen LogP contribution in [0.1, 0.15) is 40.9 Å². The lowest BCUT2D eigenvalue weighted by Gasteiger charge is -2.19. The van der Waals surface area contributed by atoms with Crippen LogP contribution in [0.2, 0.25) is 0 Å². The molecular formula is C25H31N7O3. The Balaban J connectivity index is 1.39. The van der Waals surface area contributed by atoms with Crippen LogP contribution in [0, 0.1) is 6.92 Å². The smallest absolute Gasteiger partial charge is 0.261 e. The number of carbonyl (C=O) groups is 1. The Morgan fingerprint density at radius 2 is 2.06 bits per heavy atom. The molecule has 35 heavy (non-hydrogen) atoms. The van der Waals surface area contributed by atoms with Gasteiger partial charge in [0.1, 0.15) is 5.82 Å². The zero-order valence-electron chi connectivity index (χ0n) is 20.3. The minimum Gasteiger partial charge on any atom is -0.481 e. The minimum absolute atomic E-state index is 0.191. The number of nitrogens with one attached hydrogen (secondary N) is 2. The molecule has 1 aliphatic rings. The number of aromatic nitrogens is 4. The molecule has 1 fully saturated rings. The van der Waals surface area contributed by atoms with Crippen LogP contribution in [-0.4, -0.2) is 64.1 Å². The Bertz CT molecular complexity index is 1160. The molecule has 4 rings (SSSR count). The number of rotatable bonds is 10. The number of aryl methyl sites for hydroxylation is 1. The van der Waals surface area contributed by atoms with Crippen molar-refractivity contribution >= 4 is 17.7 Å². The van der Waals surface area contributed by atoms with E-state index in [1.54, 1.807) is 37.7 Å². The van der Waals surface area contributed by atoms with Gasteiger partial charge >= 0.3 is 0 Å². The van der Waals surface area contributed by atoms with Crippen LogP contribution in [0.3, 0.4) is 0 Å². The molecule has 184 valence electrons. The van der Waals surface area contributed by atoms with Gasteiger partial charge in [0.15, 0.2) is 0 Å². The molecule has 0 bridgehead atoms. The third-order valence-electron chi connectivity index (χ3n) is 5.95. The Kier molecular flexibility index (Phi) is 8.04. The predicted molar refractivity (Wildman–Crippen MR) is 133 cm³/mol. The molecule has 1 aliphatic heterocycles. The number of likely N-dealkylation sites (tertiary alicyclic amines) is 1. The van der Waals surface area contributed by atoms with Crippen molar-refractivity contribution in [3.63, 3.8) is 0 Å². The lowest BCUT2D eigenvalue weighted by atomic mass is 10.1. The second-order valence-corrected chi connectivity index (χ2v) is 8.50.